The molecule has 0 aromatic rings. The first-order valence-corrected chi connectivity index (χ1v) is 5.65. The van der Waals surface area contributed by atoms with Crippen molar-refractivity contribution in [1.29, 1.82) is 0 Å². The molecular weight excluding hydrogens is 219 g/mol. The molecule has 0 radical (unpaired) electrons. The van der Waals surface area contributed by atoms with E-state index in [1.807, 2.05) is 13.8 Å². The summed E-state index contributed by atoms with van der Waals surface area (Å²) in [5.74, 6) is -1.29. The van der Waals surface area contributed by atoms with Crippen LogP contribution in [0.5, 0.6) is 0 Å². The number of carbonyl (C=O) groups is 1. The van der Waals surface area contributed by atoms with Crippen molar-refractivity contribution in [3.8, 4) is 0 Å². The van der Waals surface area contributed by atoms with Gasteiger partial charge in [-0.1, -0.05) is 13.8 Å². The molecule has 0 aromatic carbocycles. The van der Waals surface area contributed by atoms with E-state index >= 15 is 0 Å². The van der Waals surface area contributed by atoms with Crippen LogP contribution in [0.25, 0.3) is 0 Å². The summed E-state index contributed by atoms with van der Waals surface area (Å²) in [4.78, 5) is 13.0. The Morgan fingerprint density at radius 2 is 2.06 bits per heavy atom. The molecule has 1 rings (SSSR count). The van der Waals surface area contributed by atoms with Crippen molar-refractivity contribution >= 4 is 5.91 Å². The van der Waals surface area contributed by atoms with Crippen LogP contribution in [0.3, 0.4) is 0 Å². The van der Waals surface area contributed by atoms with Crippen LogP contribution in [0.4, 0.5) is 13.2 Å². The Balaban J connectivity index is 2.54. The number of hydrogen-bond acceptors (Lipinski definition) is 1. The number of rotatable bonds is 2. The molecule has 0 spiro atoms. The van der Waals surface area contributed by atoms with Crippen molar-refractivity contribution in [1.82, 2.24) is 4.90 Å². The number of amides is 1. The second-order valence-corrected chi connectivity index (χ2v) is 4.82. The lowest BCUT2D eigenvalue weighted by atomic mass is 9.96. The van der Waals surface area contributed by atoms with Crippen LogP contribution in [0, 0.1) is 11.8 Å². The number of piperidine rings is 1. The highest BCUT2D eigenvalue weighted by Crippen LogP contribution is 2.33. The Morgan fingerprint density at radius 1 is 1.44 bits per heavy atom. The zero-order valence-electron chi connectivity index (χ0n) is 9.68. The molecule has 0 bridgehead atoms. The summed E-state index contributed by atoms with van der Waals surface area (Å²) in [6.07, 6.45) is -3.23. The van der Waals surface area contributed by atoms with E-state index < -0.39 is 12.1 Å². The predicted octanol–water partition coefficient (Wildman–Crippen LogP) is 2.83. The molecule has 94 valence electrons. The van der Waals surface area contributed by atoms with Gasteiger partial charge in [0, 0.05) is 19.5 Å². The first-order chi connectivity index (χ1) is 7.30. The molecule has 0 N–H and O–H groups in total. The molecule has 1 atom stereocenters. The van der Waals surface area contributed by atoms with Crippen LogP contribution < -0.4 is 0 Å². The molecule has 1 heterocycles. The van der Waals surface area contributed by atoms with Crippen LogP contribution >= 0.6 is 0 Å². The Bertz CT molecular complexity index is 250. The number of likely N-dealkylation sites (tertiary alicyclic amines) is 1. The van der Waals surface area contributed by atoms with Gasteiger partial charge >= 0.3 is 6.18 Å². The maximum atomic E-state index is 12.5. The third-order valence-electron chi connectivity index (χ3n) is 2.82. The van der Waals surface area contributed by atoms with E-state index in [1.54, 1.807) is 0 Å². The summed E-state index contributed by atoms with van der Waals surface area (Å²) in [7, 11) is 0. The van der Waals surface area contributed by atoms with Crippen LogP contribution in [-0.2, 0) is 4.79 Å². The maximum Gasteiger partial charge on any atom is 0.393 e. The minimum atomic E-state index is -4.17. The van der Waals surface area contributed by atoms with E-state index in [1.165, 1.54) is 4.90 Å². The van der Waals surface area contributed by atoms with Crippen LogP contribution in [0.2, 0.25) is 0 Å². The van der Waals surface area contributed by atoms with Crippen molar-refractivity contribution in [3.05, 3.63) is 0 Å². The highest BCUT2D eigenvalue weighted by molar-refractivity contribution is 5.76. The standard InChI is InChI=1S/C11H18F3NO/c1-8(2)6-10(16)15-5-3-4-9(7-15)11(12,13)14/h8-9H,3-7H2,1-2H3. The first kappa shape index (κ1) is 13.3. The van der Waals surface area contributed by atoms with E-state index in [4.69, 9.17) is 0 Å². The molecule has 1 unspecified atom stereocenters. The average molecular weight is 237 g/mol. The van der Waals surface area contributed by atoms with Gasteiger partial charge in [0.15, 0.2) is 0 Å². The largest absolute Gasteiger partial charge is 0.393 e. The van der Waals surface area contributed by atoms with Gasteiger partial charge in [-0.25, -0.2) is 0 Å². The van der Waals surface area contributed by atoms with Crippen molar-refractivity contribution in [2.75, 3.05) is 13.1 Å². The van der Waals surface area contributed by atoms with Gasteiger partial charge in [0.25, 0.3) is 0 Å². The lowest BCUT2D eigenvalue weighted by Gasteiger charge is -2.34. The minimum Gasteiger partial charge on any atom is -0.342 e. The van der Waals surface area contributed by atoms with Gasteiger partial charge in [-0.15, -0.1) is 0 Å². The Hall–Kier alpha value is -0.740. The van der Waals surface area contributed by atoms with E-state index in [0.29, 0.717) is 19.4 Å². The third kappa shape index (κ3) is 3.68. The molecule has 0 saturated carbocycles. The molecule has 0 aromatic heterocycles. The minimum absolute atomic E-state index is 0.148. The predicted molar refractivity (Wildman–Crippen MR) is 54.8 cm³/mol. The van der Waals surface area contributed by atoms with Gasteiger partial charge in [0.1, 0.15) is 0 Å². The van der Waals surface area contributed by atoms with Crippen LogP contribution in [0.15, 0.2) is 0 Å². The summed E-state index contributed by atoms with van der Waals surface area (Å²) in [5.41, 5.74) is 0. The van der Waals surface area contributed by atoms with E-state index in [-0.39, 0.29) is 24.8 Å². The summed E-state index contributed by atoms with van der Waals surface area (Å²) in [5, 5.41) is 0. The maximum absolute atomic E-state index is 12.5. The summed E-state index contributed by atoms with van der Waals surface area (Å²) < 4.78 is 37.5. The van der Waals surface area contributed by atoms with Crippen molar-refractivity contribution in [3.63, 3.8) is 0 Å². The topological polar surface area (TPSA) is 20.3 Å². The normalized spacial score (nSPS) is 22.6. The Labute approximate surface area is 93.8 Å². The number of halogens is 3. The third-order valence-corrected chi connectivity index (χ3v) is 2.82. The molecule has 16 heavy (non-hydrogen) atoms. The van der Waals surface area contributed by atoms with Gasteiger partial charge < -0.3 is 4.90 Å². The van der Waals surface area contributed by atoms with Crippen LogP contribution in [-0.4, -0.2) is 30.1 Å². The fourth-order valence-electron chi connectivity index (χ4n) is 1.95. The van der Waals surface area contributed by atoms with Crippen molar-refractivity contribution in [2.24, 2.45) is 11.8 Å². The Morgan fingerprint density at radius 3 is 2.56 bits per heavy atom. The summed E-state index contributed by atoms with van der Waals surface area (Å²) >= 11 is 0. The SMILES string of the molecule is CC(C)CC(=O)N1CCCC(C(F)(F)F)C1. The molecule has 2 nitrogen and oxygen atoms in total. The molecule has 1 aliphatic rings. The lowest BCUT2D eigenvalue weighted by molar-refractivity contribution is -0.188. The molecule has 1 saturated heterocycles. The van der Waals surface area contributed by atoms with E-state index in [0.717, 1.165) is 0 Å². The van der Waals surface area contributed by atoms with Gasteiger partial charge in [0.05, 0.1) is 5.92 Å². The average Bonchev–Trinajstić information content (AvgIpc) is 2.15. The lowest BCUT2D eigenvalue weighted by Crippen LogP contribution is -2.44. The highest BCUT2D eigenvalue weighted by atomic mass is 19.4. The Kier molecular flexibility index (Phi) is 4.21. The number of alkyl halides is 3. The molecule has 0 aliphatic carbocycles. The van der Waals surface area contributed by atoms with Crippen molar-refractivity contribution < 1.29 is 18.0 Å². The fourth-order valence-corrected chi connectivity index (χ4v) is 1.95. The van der Waals surface area contributed by atoms with Gasteiger partial charge in [0.2, 0.25) is 5.91 Å². The number of hydrogen-bond donors (Lipinski definition) is 0. The van der Waals surface area contributed by atoms with Crippen LogP contribution in [0.1, 0.15) is 33.1 Å². The molecule has 5 heteroatoms. The highest BCUT2D eigenvalue weighted by Gasteiger charge is 2.42. The fraction of sp³-hybridized carbons (Fsp3) is 0.909. The molecular formula is C11H18F3NO. The quantitative estimate of drug-likeness (QED) is 0.723. The second-order valence-electron chi connectivity index (χ2n) is 4.82. The first-order valence-electron chi connectivity index (χ1n) is 5.65. The van der Waals surface area contributed by atoms with Crippen molar-refractivity contribution in [2.45, 2.75) is 39.3 Å². The van der Waals surface area contributed by atoms with Gasteiger partial charge in [-0.3, -0.25) is 4.79 Å². The monoisotopic (exact) mass is 237 g/mol. The van der Waals surface area contributed by atoms with Gasteiger partial charge in [-0.2, -0.15) is 13.2 Å². The summed E-state index contributed by atoms with van der Waals surface area (Å²) in [6, 6.07) is 0. The molecule has 1 amide bonds. The zero-order chi connectivity index (χ0) is 12.3. The van der Waals surface area contributed by atoms with E-state index in [9.17, 15) is 18.0 Å². The molecule has 1 aliphatic heterocycles. The summed E-state index contributed by atoms with van der Waals surface area (Å²) in [6.45, 7) is 4.10. The van der Waals surface area contributed by atoms with E-state index in [2.05, 4.69) is 0 Å². The number of nitrogens with zero attached hydrogens (tertiary/aromatic N) is 1. The van der Waals surface area contributed by atoms with Gasteiger partial charge in [-0.05, 0) is 18.8 Å². The zero-order valence-corrected chi connectivity index (χ0v) is 9.68. The number of carbonyl (C=O) groups excluding carboxylic acids is 1. The second kappa shape index (κ2) is 5.06. The molecule has 1 fully saturated rings. The smallest absolute Gasteiger partial charge is 0.342 e.